The second-order valence-corrected chi connectivity index (χ2v) is 3.26. The van der Waals surface area contributed by atoms with E-state index in [1.54, 1.807) is 0 Å². The van der Waals surface area contributed by atoms with Gasteiger partial charge in [0, 0.05) is 6.54 Å². The molecule has 1 amide bonds. The number of unbranched alkanes of at least 4 members (excludes halogenated alkanes) is 2. The van der Waals surface area contributed by atoms with E-state index < -0.39 is 12.1 Å². The fraction of sp³-hybridized carbons (Fsp3) is 0.889. The van der Waals surface area contributed by atoms with Crippen LogP contribution >= 0.6 is 0 Å². The third-order valence-electron chi connectivity index (χ3n) is 1.90. The Hall–Kier alpha value is -0.610. The largest absolute Gasteiger partial charge is 0.391 e. The van der Waals surface area contributed by atoms with E-state index in [0.717, 1.165) is 19.3 Å². The average Bonchev–Trinajstić information content (AvgIpc) is 2.10. The minimum absolute atomic E-state index is 0.272. The van der Waals surface area contributed by atoms with Crippen molar-refractivity contribution in [3.8, 4) is 0 Å². The second-order valence-electron chi connectivity index (χ2n) is 3.26. The highest BCUT2D eigenvalue weighted by Crippen LogP contribution is 1.92. The normalized spacial score (nSPS) is 15.1. The molecule has 0 aliphatic rings. The van der Waals surface area contributed by atoms with Crippen LogP contribution in [0.2, 0.25) is 0 Å². The van der Waals surface area contributed by atoms with Crippen molar-refractivity contribution in [2.75, 3.05) is 6.54 Å². The number of carbonyl (C=O) groups excluding carboxylic acids is 1. The van der Waals surface area contributed by atoms with Crippen LogP contribution in [0.4, 0.5) is 0 Å². The van der Waals surface area contributed by atoms with Crippen molar-refractivity contribution in [1.82, 2.24) is 5.32 Å². The molecule has 0 unspecified atom stereocenters. The molecule has 0 aromatic rings. The Kier molecular flexibility index (Phi) is 6.54. The van der Waals surface area contributed by atoms with E-state index >= 15 is 0 Å². The lowest BCUT2D eigenvalue weighted by Crippen LogP contribution is -2.47. The first-order valence-electron chi connectivity index (χ1n) is 4.81. The van der Waals surface area contributed by atoms with Gasteiger partial charge in [-0.15, -0.1) is 0 Å². The van der Waals surface area contributed by atoms with Crippen molar-refractivity contribution in [2.24, 2.45) is 5.73 Å². The maximum Gasteiger partial charge on any atom is 0.239 e. The van der Waals surface area contributed by atoms with Crippen molar-refractivity contribution in [3.05, 3.63) is 0 Å². The van der Waals surface area contributed by atoms with Gasteiger partial charge in [-0.1, -0.05) is 19.8 Å². The van der Waals surface area contributed by atoms with Crippen LogP contribution in [0.15, 0.2) is 0 Å². The molecule has 4 heteroatoms. The van der Waals surface area contributed by atoms with Gasteiger partial charge in [0.05, 0.1) is 6.10 Å². The molecule has 0 aromatic carbocycles. The van der Waals surface area contributed by atoms with E-state index in [9.17, 15) is 4.79 Å². The van der Waals surface area contributed by atoms with Gasteiger partial charge in [-0.2, -0.15) is 0 Å². The van der Waals surface area contributed by atoms with Gasteiger partial charge in [0.25, 0.3) is 0 Å². The van der Waals surface area contributed by atoms with Crippen molar-refractivity contribution in [2.45, 2.75) is 45.3 Å². The molecule has 0 heterocycles. The quantitative estimate of drug-likeness (QED) is 0.514. The van der Waals surface area contributed by atoms with Gasteiger partial charge in [0.15, 0.2) is 0 Å². The molecule has 0 saturated heterocycles. The van der Waals surface area contributed by atoms with Crippen LogP contribution in [0.5, 0.6) is 0 Å². The molecule has 4 N–H and O–H groups in total. The Bertz CT molecular complexity index is 149. The van der Waals surface area contributed by atoms with Crippen LogP contribution in [0.3, 0.4) is 0 Å². The zero-order chi connectivity index (χ0) is 10.3. The SMILES string of the molecule is CCCCCNC(=O)[C@@H](N)[C@@H](C)O. The number of rotatable bonds is 6. The number of aliphatic hydroxyl groups is 1. The lowest BCUT2D eigenvalue weighted by molar-refractivity contribution is -0.124. The molecule has 0 radical (unpaired) electrons. The number of carbonyl (C=O) groups is 1. The third kappa shape index (κ3) is 5.60. The van der Waals surface area contributed by atoms with Gasteiger partial charge >= 0.3 is 0 Å². The number of hydrogen-bond acceptors (Lipinski definition) is 3. The molecular formula is C9H20N2O2. The Labute approximate surface area is 79.5 Å². The highest BCUT2D eigenvalue weighted by atomic mass is 16.3. The molecule has 0 fully saturated rings. The number of hydrogen-bond donors (Lipinski definition) is 3. The van der Waals surface area contributed by atoms with Crippen molar-refractivity contribution in [1.29, 1.82) is 0 Å². The van der Waals surface area contributed by atoms with E-state index in [-0.39, 0.29) is 5.91 Å². The summed E-state index contributed by atoms with van der Waals surface area (Å²) in [4.78, 5) is 11.2. The van der Waals surface area contributed by atoms with Gasteiger partial charge in [-0.05, 0) is 13.3 Å². The first-order chi connectivity index (χ1) is 6.09. The molecule has 0 aliphatic carbocycles. The highest BCUT2D eigenvalue weighted by Gasteiger charge is 2.17. The molecule has 13 heavy (non-hydrogen) atoms. The predicted molar refractivity (Wildman–Crippen MR) is 52.2 cm³/mol. The molecular weight excluding hydrogens is 168 g/mol. The van der Waals surface area contributed by atoms with Crippen LogP contribution < -0.4 is 11.1 Å². The highest BCUT2D eigenvalue weighted by molar-refractivity contribution is 5.81. The molecule has 4 nitrogen and oxygen atoms in total. The first-order valence-corrected chi connectivity index (χ1v) is 4.81. The maximum atomic E-state index is 11.2. The van der Waals surface area contributed by atoms with Crippen LogP contribution in [0, 0.1) is 0 Å². The predicted octanol–water partition coefficient (Wildman–Crippen LogP) is 0.000900. The number of nitrogens with one attached hydrogen (secondary N) is 1. The molecule has 0 aliphatic heterocycles. The lowest BCUT2D eigenvalue weighted by Gasteiger charge is -2.14. The van der Waals surface area contributed by atoms with Crippen molar-refractivity contribution in [3.63, 3.8) is 0 Å². The summed E-state index contributed by atoms with van der Waals surface area (Å²) in [5.41, 5.74) is 5.41. The topological polar surface area (TPSA) is 75.4 Å². The summed E-state index contributed by atoms with van der Waals surface area (Å²) in [6.07, 6.45) is 2.41. The smallest absolute Gasteiger partial charge is 0.239 e. The average molecular weight is 188 g/mol. The van der Waals surface area contributed by atoms with Crippen LogP contribution in [0.25, 0.3) is 0 Å². The summed E-state index contributed by atoms with van der Waals surface area (Å²) in [6.45, 7) is 4.26. The zero-order valence-electron chi connectivity index (χ0n) is 8.42. The molecule has 0 bridgehead atoms. The molecule has 0 aromatic heterocycles. The van der Waals surface area contributed by atoms with Crippen molar-refractivity contribution >= 4 is 5.91 Å². The van der Waals surface area contributed by atoms with Gasteiger partial charge < -0.3 is 16.2 Å². The molecule has 0 rings (SSSR count). The van der Waals surface area contributed by atoms with Gasteiger partial charge in [-0.3, -0.25) is 4.79 Å². The van der Waals surface area contributed by atoms with E-state index in [1.807, 2.05) is 0 Å². The van der Waals surface area contributed by atoms with E-state index in [2.05, 4.69) is 12.2 Å². The van der Waals surface area contributed by atoms with Gasteiger partial charge in [-0.25, -0.2) is 0 Å². The molecule has 2 atom stereocenters. The Balaban J connectivity index is 3.50. The lowest BCUT2D eigenvalue weighted by atomic mass is 10.2. The zero-order valence-corrected chi connectivity index (χ0v) is 8.42. The monoisotopic (exact) mass is 188 g/mol. The summed E-state index contributed by atoms with van der Waals surface area (Å²) in [5, 5.41) is 11.7. The van der Waals surface area contributed by atoms with E-state index in [0.29, 0.717) is 6.54 Å². The van der Waals surface area contributed by atoms with E-state index in [1.165, 1.54) is 6.92 Å². The van der Waals surface area contributed by atoms with Crippen LogP contribution in [-0.4, -0.2) is 29.7 Å². The molecule has 0 saturated carbocycles. The number of aliphatic hydroxyl groups excluding tert-OH is 1. The number of nitrogens with two attached hydrogens (primary N) is 1. The minimum atomic E-state index is -0.804. The van der Waals surface area contributed by atoms with Crippen molar-refractivity contribution < 1.29 is 9.90 Å². The second kappa shape index (κ2) is 6.86. The summed E-state index contributed by atoms with van der Waals surface area (Å²) in [6, 6.07) is -0.804. The van der Waals surface area contributed by atoms with E-state index in [4.69, 9.17) is 10.8 Å². The van der Waals surface area contributed by atoms with Crippen LogP contribution in [0.1, 0.15) is 33.1 Å². The van der Waals surface area contributed by atoms with Crippen LogP contribution in [-0.2, 0) is 4.79 Å². The fourth-order valence-electron chi connectivity index (χ4n) is 0.924. The molecule has 0 spiro atoms. The summed E-state index contributed by atoms with van der Waals surface area (Å²) in [7, 11) is 0. The maximum absolute atomic E-state index is 11.2. The Morgan fingerprint density at radius 2 is 2.15 bits per heavy atom. The first kappa shape index (κ1) is 12.4. The number of amides is 1. The third-order valence-corrected chi connectivity index (χ3v) is 1.90. The fourth-order valence-corrected chi connectivity index (χ4v) is 0.924. The van der Waals surface area contributed by atoms with Gasteiger partial charge in [0.1, 0.15) is 6.04 Å². The minimum Gasteiger partial charge on any atom is -0.391 e. The summed E-state index contributed by atoms with van der Waals surface area (Å²) < 4.78 is 0. The Morgan fingerprint density at radius 3 is 2.62 bits per heavy atom. The Morgan fingerprint density at radius 1 is 1.54 bits per heavy atom. The molecule has 78 valence electrons. The standard InChI is InChI=1S/C9H20N2O2/c1-3-4-5-6-11-9(13)8(10)7(2)12/h7-8,12H,3-6,10H2,1-2H3,(H,11,13)/t7-,8+/m1/s1. The summed E-state index contributed by atoms with van der Waals surface area (Å²) >= 11 is 0. The van der Waals surface area contributed by atoms with Gasteiger partial charge in [0.2, 0.25) is 5.91 Å². The summed E-state index contributed by atoms with van der Waals surface area (Å²) in [5.74, 6) is -0.272.